The molecule has 0 fully saturated rings. The summed E-state index contributed by atoms with van der Waals surface area (Å²) < 4.78 is 25.8. The number of halogens is 2. The van der Waals surface area contributed by atoms with Crippen LogP contribution in [0, 0.1) is 11.6 Å². The maximum atomic E-state index is 13.0. The maximum absolute atomic E-state index is 13.0. The summed E-state index contributed by atoms with van der Waals surface area (Å²) in [4.78, 5) is 12.1. The van der Waals surface area contributed by atoms with Crippen LogP contribution in [0.4, 0.5) is 14.5 Å². The van der Waals surface area contributed by atoms with Gasteiger partial charge in [-0.05, 0) is 24.3 Å². The van der Waals surface area contributed by atoms with E-state index in [2.05, 4.69) is 5.32 Å². The van der Waals surface area contributed by atoms with Crippen molar-refractivity contribution in [3.63, 3.8) is 0 Å². The van der Waals surface area contributed by atoms with E-state index >= 15 is 0 Å². The monoisotopic (exact) mass is 292 g/mol. The lowest BCUT2D eigenvalue weighted by atomic mass is 10.1. The van der Waals surface area contributed by atoms with Crippen molar-refractivity contribution in [2.45, 2.75) is 0 Å². The zero-order chi connectivity index (χ0) is 14.7. The van der Waals surface area contributed by atoms with E-state index < -0.39 is 17.5 Å². The summed E-state index contributed by atoms with van der Waals surface area (Å²) >= 11 is 4.80. The standard InChI is InChI=1S/C14H10F2N2OS/c15-11-6-5-10(7-12(11)16)18-14(19)9-3-1-8(2-4-9)13(17)20/h1-7H,(H2,17,20)(H,18,19). The molecule has 0 atom stereocenters. The Morgan fingerprint density at radius 1 is 1.00 bits per heavy atom. The van der Waals surface area contributed by atoms with E-state index in [1.807, 2.05) is 0 Å². The first kappa shape index (κ1) is 14.1. The minimum atomic E-state index is -1.02. The second-order valence-corrected chi connectivity index (χ2v) is 4.46. The highest BCUT2D eigenvalue weighted by Crippen LogP contribution is 2.14. The summed E-state index contributed by atoms with van der Waals surface area (Å²) in [5.41, 5.74) is 6.62. The molecule has 102 valence electrons. The van der Waals surface area contributed by atoms with Crippen LogP contribution in [-0.2, 0) is 0 Å². The van der Waals surface area contributed by atoms with E-state index in [1.54, 1.807) is 24.3 Å². The minimum absolute atomic E-state index is 0.173. The Labute approximate surface area is 119 Å². The minimum Gasteiger partial charge on any atom is -0.389 e. The molecule has 3 N–H and O–H groups in total. The summed E-state index contributed by atoms with van der Waals surface area (Å²) in [7, 11) is 0. The summed E-state index contributed by atoms with van der Waals surface area (Å²) in [5, 5.41) is 2.47. The molecule has 0 heterocycles. The number of benzene rings is 2. The van der Waals surface area contributed by atoms with Gasteiger partial charge in [-0.25, -0.2) is 8.78 Å². The molecule has 0 unspecified atom stereocenters. The van der Waals surface area contributed by atoms with Gasteiger partial charge >= 0.3 is 0 Å². The van der Waals surface area contributed by atoms with Crippen molar-refractivity contribution >= 4 is 28.8 Å². The highest BCUT2D eigenvalue weighted by atomic mass is 32.1. The number of nitrogens with two attached hydrogens (primary N) is 1. The van der Waals surface area contributed by atoms with Gasteiger partial charge in [0.15, 0.2) is 11.6 Å². The van der Waals surface area contributed by atoms with Gasteiger partial charge in [-0.3, -0.25) is 4.79 Å². The lowest BCUT2D eigenvalue weighted by Gasteiger charge is -2.06. The SMILES string of the molecule is NC(=S)c1ccc(C(=O)Nc2ccc(F)c(F)c2)cc1. The Bertz CT molecular complexity index is 671. The van der Waals surface area contributed by atoms with Crippen LogP contribution in [0.1, 0.15) is 15.9 Å². The third-order valence-electron chi connectivity index (χ3n) is 2.61. The summed E-state index contributed by atoms with van der Waals surface area (Å²) in [6.45, 7) is 0. The fourth-order valence-corrected chi connectivity index (χ4v) is 1.70. The van der Waals surface area contributed by atoms with Crippen LogP contribution < -0.4 is 11.1 Å². The van der Waals surface area contributed by atoms with Gasteiger partial charge < -0.3 is 11.1 Å². The molecule has 0 aliphatic heterocycles. The van der Waals surface area contributed by atoms with Gasteiger partial charge in [0.2, 0.25) is 0 Å². The number of thiocarbonyl (C=S) groups is 1. The van der Waals surface area contributed by atoms with Crippen molar-refractivity contribution in [1.29, 1.82) is 0 Å². The van der Waals surface area contributed by atoms with Crippen molar-refractivity contribution in [3.8, 4) is 0 Å². The molecule has 2 rings (SSSR count). The van der Waals surface area contributed by atoms with Gasteiger partial charge in [-0.15, -0.1) is 0 Å². The van der Waals surface area contributed by atoms with Crippen LogP contribution in [0.15, 0.2) is 42.5 Å². The van der Waals surface area contributed by atoms with Crippen molar-refractivity contribution < 1.29 is 13.6 Å². The lowest BCUT2D eigenvalue weighted by Crippen LogP contribution is -2.13. The average molecular weight is 292 g/mol. The van der Waals surface area contributed by atoms with Gasteiger partial charge in [-0.1, -0.05) is 24.4 Å². The number of hydrogen-bond donors (Lipinski definition) is 2. The van der Waals surface area contributed by atoms with Crippen molar-refractivity contribution in [1.82, 2.24) is 0 Å². The van der Waals surface area contributed by atoms with Crippen molar-refractivity contribution in [2.24, 2.45) is 5.73 Å². The third kappa shape index (κ3) is 3.16. The Kier molecular flexibility index (Phi) is 4.05. The summed E-state index contributed by atoms with van der Waals surface area (Å²) in [6.07, 6.45) is 0. The Morgan fingerprint density at radius 2 is 1.60 bits per heavy atom. The van der Waals surface area contributed by atoms with Crippen LogP contribution in [0.2, 0.25) is 0 Å². The second kappa shape index (κ2) is 5.75. The normalized spacial score (nSPS) is 10.1. The van der Waals surface area contributed by atoms with E-state index in [0.717, 1.165) is 12.1 Å². The Morgan fingerprint density at radius 3 is 2.15 bits per heavy atom. The van der Waals surface area contributed by atoms with Gasteiger partial charge in [0, 0.05) is 22.9 Å². The number of carbonyl (C=O) groups excluding carboxylic acids is 1. The second-order valence-electron chi connectivity index (χ2n) is 4.02. The first-order valence-electron chi connectivity index (χ1n) is 5.63. The predicted molar refractivity (Wildman–Crippen MR) is 76.6 cm³/mol. The molecule has 6 heteroatoms. The molecule has 2 aromatic carbocycles. The molecule has 0 saturated heterocycles. The van der Waals surface area contributed by atoms with Crippen molar-refractivity contribution in [2.75, 3.05) is 5.32 Å². The molecular weight excluding hydrogens is 282 g/mol. The molecule has 0 spiro atoms. The molecule has 3 nitrogen and oxygen atoms in total. The highest BCUT2D eigenvalue weighted by molar-refractivity contribution is 7.80. The third-order valence-corrected chi connectivity index (χ3v) is 2.84. The number of anilines is 1. The smallest absolute Gasteiger partial charge is 0.255 e. The fourth-order valence-electron chi connectivity index (χ4n) is 1.56. The van der Waals surface area contributed by atoms with Gasteiger partial charge in [0.25, 0.3) is 5.91 Å². The van der Waals surface area contributed by atoms with E-state index in [1.165, 1.54) is 6.07 Å². The van der Waals surface area contributed by atoms with E-state index in [9.17, 15) is 13.6 Å². The van der Waals surface area contributed by atoms with Crippen LogP contribution >= 0.6 is 12.2 Å². The van der Waals surface area contributed by atoms with Gasteiger partial charge in [0.05, 0.1) is 0 Å². The van der Waals surface area contributed by atoms with Crippen molar-refractivity contribution in [3.05, 3.63) is 65.2 Å². The van der Waals surface area contributed by atoms with Gasteiger partial charge in [-0.2, -0.15) is 0 Å². The number of nitrogens with one attached hydrogen (secondary N) is 1. The molecule has 0 aliphatic carbocycles. The first-order chi connectivity index (χ1) is 9.47. The molecule has 1 amide bonds. The van der Waals surface area contributed by atoms with E-state index in [4.69, 9.17) is 18.0 Å². The molecular formula is C14H10F2N2OS. The number of hydrogen-bond acceptors (Lipinski definition) is 2. The zero-order valence-electron chi connectivity index (χ0n) is 10.2. The largest absolute Gasteiger partial charge is 0.389 e. The molecule has 2 aromatic rings. The molecule has 0 radical (unpaired) electrons. The van der Waals surface area contributed by atoms with Crippen LogP contribution in [0.25, 0.3) is 0 Å². The lowest BCUT2D eigenvalue weighted by molar-refractivity contribution is 0.102. The summed E-state index contributed by atoms with van der Waals surface area (Å²) in [6, 6.07) is 9.45. The number of amides is 1. The molecule has 0 aromatic heterocycles. The van der Waals surface area contributed by atoms with E-state index in [0.29, 0.717) is 11.1 Å². The van der Waals surface area contributed by atoms with Crippen LogP contribution in [0.3, 0.4) is 0 Å². The van der Waals surface area contributed by atoms with Crippen LogP contribution in [0.5, 0.6) is 0 Å². The summed E-state index contributed by atoms with van der Waals surface area (Å²) in [5.74, 6) is -2.43. The average Bonchev–Trinajstić information content (AvgIpc) is 2.43. The quantitative estimate of drug-likeness (QED) is 0.855. The van der Waals surface area contributed by atoms with Crippen LogP contribution in [-0.4, -0.2) is 10.9 Å². The fraction of sp³-hybridized carbons (Fsp3) is 0. The Hall–Kier alpha value is -2.34. The van der Waals surface area contributed by atoms with Gasteiger partial charge in [0.1, 0.15) is 4.99 Å². The number of carbonyl (C=O) groups is 1. The zero-order valence-corrected chi connectivity index (χ0v) is 11.0. The molecule has 0 saturated carbocycles. The first-order valence-corrected chi connectivity index (χ1v) is 6.04. The van der Waals surface area contributed by atoms with E-state index in [-0.39, 0.29) is 10.7 Å². The highest BCUT2D eigenvalue weighted by Gasteiger charge is 2.08. The molecule has 20 heavy (non-hydrogen) atoms. The predicted octanol–water partition coefficient (Wildman–Crippen LogP) is 2.85. The topological polar surface area (TPSA) is 55.1 Å². The molecule has 0 bridgehead atoms. The maximum Gasteiger partial charge on any atom is 0.255 e. The number of rotatable bonds is 3. The molecule has 0 aliphatic rings. The Balaban J connectivity index is 2.15.